The first-order chi connectivity index (χ1) is 11.8. The molecule has 2 heteroatoms. The highest BCUT2D eigenvalue weighted by Gasteiger charge is 2.62. The van der Waals surface area contributed by atoms with Gasteiger partial charge in [0.1, 0.15) is 11.6 Å². The minimum absolute atomic E-state index is 0.0883. The fourth-order valence-corrected chi connectivity index (χ4v) is 6.88. The molecule has 0 saturated heterocycles. The molecule has 4 aliphatic carbocycles. The van der Waals surface area contributed by atoms with Crippen molar-refractivity contribution in [2.75, 3.05) is 0 Å². The molecule has 0 N–H and O–H groups in total. The van der Waals surface area contributed by atoms with Gasteiger partial charge in [0.2, 0.25) is 0 Å². The van der Waals surface area contributed by atoms with Gasteiger partial charge >= 0.3 is 0 Å². The van der Waals surface area contributed by atoms with Crippen molar-refractivity contribution >= 4 is 11.6 Å². The quantitative estimate of drug-likeness (QED) is 0.705. The zero-order valence-corrected chi connectivity index (χ0v) is 15.8. The SMILES string of the molecule is C=C1C=C[C@@]2(C)C(=C1)CC[C@@H]1C2C(=O)C[C@@]2(C)C1CC[C@@H]2C(=O)CC. The Morgan fingerprint density at radius 3 is 2.76 bits per heavy atom. The first kappa shape index (κ1) is 17.0. The number of allylic oxidation sites excluding steroid dienone is 5. The van der Waals surface area contributed by atoms with Crippen LogP contribution in [0.1, 0.15) is 59.3 Å². The molecule has 0 aromatic heterocycles. The van der Waals surface area contributed by atoms with E-state index in [-0.39, 0.29) is 22.7 Å². The normalized spacial score (nSPS) is 45.5. The predicted octanol–water partition coefficient (Wildman–Crippen LogP) is 5.06. The topological polar surface area (TPSA) is 34.1 Å². The van der Waals surface area contributed by atoms with Crippen LogP contribution < -0.4 is 0 Å². The third-order valence-corrected chi connectivity index (χ3v) is 8.08. The molecule has 25 heavy (non-hydrogen) atoms. The van der Waals surface area contributed by atoms with Crippen LogP contribution in [0.3, 0.4) is 0 Å². The summed E-state index contributed by atoms with van der Waals surface area (Å²) in [4.78, 5) is 25.9. The number of rotatable bonds is 2. The lowest BCUT2D eigenvalue weighted by atomic mass is 9.47. The Bertz CT molecular complexity index is 712. The molecule has 134 valence electrons. The number of carbonyl (C=O) groups is 2. The van der Waals surface area contributed by atoms with Gasteiger partial charge in [-0.2, -0.15) is 0 Å². The minimum Gasteiger partial charge on any atom is -0.299 e. The third kappa shape index (κ3) is 2.22. The van der Waals surface area contributed by atoms with E-state index in [1.54, 1.807) is 0 Å². The van der Waals surface area contributed by atoms with E-state index < -0.39 is 0 Å². The zero-order chi connectivity index (χ0) is 18.0. The Balaban J connectivity index is 1.73. The summed E-state index contributed by atoms with van der Waals surface area (Å²) in [7, 11) is 0. The Kier molecular flexibility index (Phi) is 3.76. The molecule has 2 nitrogen and oxygen atoms in total. The van der Waals surface area contributed by atoms with Gasteiger partial charge in [0.15, 0.2) is 0 Å². The van der Waals surface area contributed by atoms with Crippen molar-refractivity contribution in [3.8, 4) is 0 Å². The highest BCUT2D eigenvalue weighted by atomic mass is 16.1. The van der Waals surface area contributed by atoms with Crippen LogP contribution in [0, 0.1) is 34.5 Å². The Morgan fingerprint density at radius 1 is 1.28 bits per heavy atom. The van der Waals surface area contributed by atoms with Crippen molar-refractivity contribution in [3.63, 3.8) is 0 Å². The molecule has 0 aliphatic heterocycles. The summed E-state index contributed by atoms with van der Waals surface area (Å²) in [6.45, 7) is 10.5. The van der Waals surface area contributed by atoms with Crippen LogP contribution in [0.25, 0.3) is 0 Å². The molecule has 2 unspecified atom stereocenters. The number of Topliss-reactive ketones (excluding diaryl/α,β-unsaturated/α-hetero) is 2. The van der Waals surface area contributed by atoms with Crippen LogP contribution in [0.2, 0.25) is 0 Å². The van der Waals surface area contributed by atoms with Crippen LogP contribution in [0.5, 0.6) is 0 Å². The van der Waals surface area contributed by atoms with Gasteiger partial charge in [0.25, 0.3) is 0 Å². The van der Waals surface area contributed by atoms with E-state index >= 15 is 0 Å². The van der Waals surface area contributed by atoms with E-state index in [2.05, 4.69) is 38.7 Å². The highest BCUT2D eigenvalue weighted by Crippen LogP contribution is 2.65. The summed E-state index contributed by atoms with van der Waals surface area (Å²) < 4.78 is 0. The molecular weight excluding hydrogens is 308 g/mol. The second-order valence-electron chi connectivity index (χ2n) is 9.25. The zero-order valence-electron chi connectivity index (χ0n) is 15.8. The molecule has 3 fully saturated rings. The van der Waals surface area contributed by atoms with Crippen LogP contribution in [0.15, 0.2) is 36.0 Å². The van der Waals surface area contributed by atoms with Gasteiger partial charge < -0.3 is 0 Å². The summed E-state index contributed by atoms with van der Waals surface area (Å²) >= 11 is 0. The van der Waals surface area contributed by atoms with Crippen molar-refractivity contribution in [3.05, 3.63) is 36.0 Å². The molecule has 0 spiro atoms. The van der Waals surface area contributed by atoms with Gasteiger partial charge in [0.05, 0.1) is 0 Å². The van der Waals surface area contributed by atoms with E-state index in [4.69, 9.17) is 0 Å². The number of carbonyl (C=O) groups excluding carboxylic acids is 2. The molecule has 0 radical (unpaired) electrons. The van der Waals surface area contributed by atoms with Gasteiger partial charge in [-0.25, -0.2) is 0 Å². The summed E-state index contributed by atoms with van der Waals surface area (Å²) in [6.07, 6.45) is 12.0. The number of hydrogen-bond donors (Lipinski definition) is 0. The third-order valence-electron chi connectivity index (χ3n) is 8.08. The molecule has 3 saturated carbocycles. The lowest BCUT2D eigenvalue weighted by Gasteiger charge is -2.55. The Hall–Kier alpha value is -1.44. The van der Waals surface area contributed by atoms with Crippen molar-refractivity contribution < 1.29 is 9.59 Å². The van der Waals surface area contributed by atoms with Gasteiger partial charge in [0, 0.05) is 30.1 Å². The number of ketones is 2. The maximum absolute atomic E-state index is 13.4. The summed E-state index contributed by atoms with van der Waals surface area (Å²) in [5, 5.41) is 0. The maximum Gasteiger partial charge on any atom is 0.138 e. The molecule has 0 heterocycles. The second kappa shape index (κ2) is 5.53. The van der Waals surface area contributed by atoms with Gasteiger partial charge in [-0.1, -0.05) is 51.2 Å². The van der Waals surface area contributed by atoms with E-state index in [9.17, 15) is 9.59 Å². The number of hydrogen-bond acceptors (Lipinski definition) is 2. The largest absolute Gasteiger partial charge is 0.299 e. The van der Waals surface area contributed by atoms with Crippen LogP contribution >= 0.6 is 0 Å². The van der Waals surface area contributed by atoms with Crippen LogP contribution in [0.4, 0.5) is 0 Å². The first-order valence-corrected chi connectivity index (χ1v) is 9.96. The Labute approximate surface area is 151 Å². The Morgan fingerprint density at radius 2 is 2.04 bits per heavy atom. The molecular formula is C23H30O2. The molecule has 0 aromatic carbocycles. The van der Waals surface area contributed by atoms with E-state index in [1.807, 2.05) is 6.92 Å². The van der Waals surface area contributed by atoms with E-state index in [0.717, 1.165) is 31.3 Å². The summed E-state index contributed by atoms with van der Waals surface area (Å²) in [6, 6.07) is 0. The van der Waals surface area contributed by atoms with Gasteiger partial charge in [-0.15, -0.1) is 0 Å². The van der Waals surface area contributed by atoms with Gasteiger partial charge in [-0.3, -0.25) is 9.59 Å². The molecule has 0 bridgehead atoms. The fourth-order valence-electron chi connectivity index (χ4n) is 6.88. The second-order valence-corrected chi connectivity index (χ2v) is 9.25. The average molecular weight is 338 g/mol. The fraction of sp³-hybridized carbons (Fsp3) is 0.652. The molecule has 6 atom stereocenters. The molecule has 4 aliphatic rings. The van der Waals surface area contributed by atoms with E-state index in [1.165, 1.54) is 5.57 Å². The summed E-state index contributed by atoms with van der Waals surface area (Å²) in [5.74, 6) is 1.90. The molecule has 4 rings (SSSR count). The maximum atomic E-state index is 13.4. The van der Waals surface area contributed by atoms with Crippen molar-refractivity contribution in [2.45, 2.75) is 59.3 Å². The summed E-state index contributed by atoms with van der Waals surface area (Å²) in [5.41, 5.74) is 2.19. The number of fused-ring (bicyclic) bond motifs is 5. The van der Waals surface area contributed by atoms with Crippen LogP contribution in [-0.4, -0.2) is 11.6 Å². The predicted molar refractivity (Wildman–Crippen MR) is 99.9 cm³/mol. The van der Waals surface area contributed by atoms with Crippen molar-refractivity contribution in [1.82, 2.24) is 0 Å². The molecule has 0 aromatic rings. The van der Waals surface area contributed by atoms with Crippen molar-refractivity contribution in [1.29, 1.82) is 0 Å². The van der Waals surface area contributed by atoms with Gasteiger partial charge in [-0.05, 0) is 48.5 Å². The van der Waals surface area contributed by atoms with E-state index in [0.29, 0.717) is 36.2 Å². The van der Waals surface area contributed by atoms with Crippen molar-refractivity contribution in [2.24, 2.45) is 34.5 Å². The lowest BCUT2D eigenvalue weighted by Crippen LogP contribution is -2.54. The lowest BCUT2D eigenvalue weighted by molar-refractivity contribution is -0.145. The smallest absolute Gasteiger partial charge is 0.138 e. The first-order valence-electron chi connectivity index (χ1n) is 9.96. The molecule has 0 amide bonds. The van der Waals surface area contributed by atoms with Crippen LogP contribution in [-0.2, 0) is 9.59 Å². The minimum atomic E-state index is -0.143. The highest BCUT2D eigenvalue weighted by molar-refractivity contribution is 5.88. The monoisotopic (exact) mass is 338 g/mol. The average Bonchev–Trinajstić information content (AvgIpc) is 2.91. The standard InChI is InChI=1S/C23H30O2/c1-5-19(24)18-9-8-17-16-7-6-15-12-14(2)10-11-22(15,3)21(16)20(25)13-23(17,18)4/h10-12,16-18,21H,2,5-9,13H2,1,3-4H3/t16-,17?,18+,21?,22-,23-/m0/s1.